The average Bonchev–Trinajstić information content (AvgIpc) is 2.33. The minimum atomic E-state index is -3.36. The number of hydrogen-bond acceptors (Lipinski definition) is 3. The Hall–Kier alpha value is -1.01. The first-order valence-corrected chi connectivity index (χ1v) is 7.96. The summed E-state index contributed by atoms with van der Waals surface area (Å²) in [6.45, 7) is 0. The SMILES string of the molecule is O=S1(=O)CCCCC1C(O)Cc1c(F)cccc1F. The first-order chi connectivity index (χ1) is 8.92. The molecule has 1 aliphatic heterocycles. The van der Waals surface area contributed by atoms with Crippen LogP contribution in [-0.4, -0.2) is 30.6 Å². The molecule has 0 aliphatic carbocycles. The number of halogens is 2. The van der Waals surface area contributed by atoms with Gasteiger partial charge in [0.2, 0.25) is 0 Å². The standard InChI is InChI=1S/C13H16F2O3S/c14-10-4-3-5-11(15)9(10)8-12(16)13-6-1-2-7-19(13,17)18/h3-5,12-13,16H,1-2,6-8H2. The van der Waals surface area contributed by atoms with Crippen LogP contribution in [0.1, 0.15) is 24.8 Å². The Balaban J connectivity index is 2.19. The monoisotopic (exact) mass is 290 g/mol. The van der Waals surface area contributed by atoms with Crippen LogP contribution in [0.2, 0.25) is 0 Å². The van der Waals surface area contributed by atoms with Gasteiger partial charge in [0, 0.05) is 12.0 Å². The van der Waals surface area contributed by atoms with E-state index >= 15 is 0 Å². The second-order valence-electron chi connectivity index (χ2n) is 4.87. The van der Waals surface area contributed by atoms with Crippen molar-refractivity contribution in [3.05, 3.63) is 35.4 Å². The van der Waals surface area contributed by atoms with Gasteiger partial charge in [-0.15, -0.1) is 0 Å². The van der Waals surface area contributed by atoms with E-state index < -0.39 is 32.8 Å². The van der Waals surface area contributed by atoms with Crippen molar-refractivity contribution in [1.82, 2.24) is 0 Å². The van der Waals surface area contributed by atoms with Gasteiger partial charge in [-0.1, -0.05) is 12.5 Å². The Kier molecular flexibility index (Phi) is 4.20. The minimum absolute atomic E-state index is 0.0362. The van der Waals surface area contributed by atoms with E-state index in [1.54, 1.807) is 0 Å². The lowest BCUT2D eigenvalue weighted by molar-refractivity contribution is 0.159. The molecule has 0 spiro atoms. The van der Waals surface area contributed by atoms with E-state index in [1.165, 1.54) is 6.07 Å². The highest BCUT2D eigenvalue weighted by molar-refractivity contribution is 7.92. The Morgan fingerprint density at radius 1 is 1.26 bits per heavy atom. The van der Waals surface area contributed by atoms with Gasteiger partial charge >= 0.3 is 0 Å². The van der Waals surface area contributed by atoms with E-state index in [9.17, 15) is 22.3 Å². The van der Waals surface area contributed by atoms with Gasteiger partial charge in [0.05, 0.1) is 17.1 Å². The van der Waals surface area contributed by atoms with Crippen LogP contribution in [-0.2, 0) is 16.3 Å². The van der Waals surface area contributed by atoms with Gasteiger partial charge in [-0.25, -0.2) is 17.2 Å². The molecule has 0 bridgehead atoms. The molecule has 2 rings (SSSR count). The number of benzene rings is 1. The first-order valence-electron chi connectivity index (χ1n) is 6.24. The topological polar surface area (TPSA) is 54.4 Å². The van der Waals surface area contributed by atoms with E-state index in [0.29, 0.717) is 19.3 Å². The molecule has 106 valence electrons. The molecule has 0 amide bonds. The van der Waals surface area contributed by atoms with Crippen molar-refractivity contribution in [3.8, 4) is 0 Å². The third-order valence-electron chi connectivity index (χ3n) is 3.53. The number of hydrogen-bond donors (Lipinski definition) is 1. The largest absolute Gasteiger partial charge is 0.391 e. The maximum atomic E-state index is 13.5. The molecule has 1 aliphatic rings. The average molecular weight is 290 g/mol. The first kappa shape index (κ1) is 14.4. The Morgan fingerprint density at radius 3 is 2.47 bits per heavy atom. The maximum Gasteiger partial charge on any atom is 0.155 e. The molecule has 0 saturated carbocycles. The molecule has 2 unspecified atom stereocenters. The molecule has 6 heteroatoms. The molecule has 3 nitrogen and oxygen atoms in total. The zero-order valence-corrected chi connectivity index (χ0v) is 11.2. The van der Waals surface area contributed by atoms with E-state index in [2.05, 4.69) is 0 Å². The number of rotatable bonds is 3. The van der Waals surface area contributed by atoms with E-state index in [0.717, 1.165) is 12.1 Å². The van der Waals surface area contributed by atoms with Gasteiger partial charge < -0.3 is 5.11 Å². The Bertz CT molecular complexity index is 537. The Morgan fingerprint density at radius 2 is 1.89 bits per heavy atom. The van der Waals surface area contributed by atoms with Gasteiger partial charge in [0.1, 0.15) is 11.6 Å². The van der Waals surface area contributed by atoms with Crippen LogP contribution < -0.4 is 0 Å². The van der Waals surface area contributed by atoms with E-state index in [-0.39, 0.29) is 17.7 Å². The molecule has 1 N–H and O–H groups in total. The van der Waals surface area contributed by atoms with Gasteiger partial charge in [-0.2, -0.15) is 0 Å². The summed E-state index contributed by atoms with van der Waals surface area (Å²) in [5, 5.41) is 9.08. The van der Waals surface area contributed by atoms with Crippen LogP contribution in [0.15, 0.2) is 18.2 Å². The highest BCUT2D eigenvalue weighted by Crippen LogP contribution is 2.25. The molecule has 0 aromatic heterocycles. The quantitative estimate of drug-likeness (QED) is 0.924. The minimum Gasteiger partial charge on any atom is -0.391 e. The van der Waals surface area contributed by atoms with Crippen molar-refractivity contribution >= 4 is 9.84 Å². The summed E-state index contributed by atoms with van der Waals surface area (Å²) >= 11 is 0. The molecular formula is C13H16F2O3S. The van der Waals surface area contributed by atoms with Gasteiger partial charge in [0.15, 0.2) is 9.84 Å². The van der Waals surface area contributed by atoms with Crippen LogP contribution in [0.3, 0.4) is 0 Å². The van der Waals surface area contributed by atoms with Crippen LogP contribution in [0.5, 0.6) is 0 Å². The van der Waals surface area contributed by atoms with Crippen molar-refractivity contribution < 1.29 is 22.3 Å². The van der Waals surface area contributed by atoms with Gasteiger partial charge in [0.25, 0.3) is 0 Å². The molecule has 1 aromatic rings. The molecule has 0 radical (unpaired) electrons. The lowest BCUT2D eigenvalue weighted by Crippen LogP contribution is -2.39. The lowest BCUT2D eigenvalue weighted by atomic mass is 10.0. The fourth-order valence-corrected chi connectivity index (χ4v) is 4.49. The number of aliphatic hydroxyl groups excluding tert-OH is 1. The second-order valence-corrected chi connectivity index (χ2v) is 7.21. The summed E-state index contributed by atoms with van der Waals surface area (Å²) in [6.07, 6.45) is 0.0548. The maximum absolute atomic E-state index is 13.5. The van der Waals surface area contributed by atoms with Crippen molar-refractivity contribution in [3.63, 3.8) is 0 Å². The van der Waals surface area contributed by atoms with E-state index in [1.807, 2.05) is 0 Å². The Labute approximate surface area is 111 Å². The van der Waals surface area contributed by atoms with E-state index in [4.69, 9.17) is 0 Å². The molecule has 1 saturated heterocycles. The molecule has 1 fully saturated rings. The number of aliphatic hydroxyl groups is 1. The predicted octanol–water partition coefficient (Wildman–Crippen LogP) is 1.84. The van der Waals surface area contributed by atoms with Gasteiger partial charge in [-0.3, -0.25) is 0 Å². The third-order valence-corrected chi connectivity index (χ3v) is 5.86. The van der Waals surface area contributed by atoms with Crippen molar-refractivity contribution in [2.24, 2.45) is 0 Å². The van der Waals surface area contributed by atoms with Crippen LogP contribution >= 0.6 is 0 Å². The molecule has 2 atom stereocenters. The molecule has 1 heterocycles. The van der Waals surface area contributed by atoms with Crippen LogP contribution in [0.25, 0.3) is 0 Å². The summed E-state index contributed by atoms with van der Waals surface area (Å²) < 4.78 is 50.6. The number of sulfone groups is 1. The lowest BCUT2D eigenvalue weighted by Gasteiger charge is -2.26. The van der Waals surface area contributed by atoms with Gasteiger partial charge in [-0.05, 0) is 25.0 Å². The predicted molar refractivity (Wildman–Crippen MR) is 67.5 cm³/mol. The van der Waals surface area contributed by atoms with Crippen LogP contribution in [0, 0.1) is 11.6 Å². The zero-order chi connectivity index (χ0) is 14.0. The summed E-state index contributed by atoms with van der Waals surface area (Å²) in [7, 11) is -3.36. The van der Waals surface area contributed by atoms with Crippen molar-refractivity contribution in [1.29, 1.82) is 0 Å². The third kappa shape index (κ3) is 3.12. The summed E-state index contributed by atoms with van der Waals surface area (Å²) in [5.74, 6) is -1.48. The second kappa shape index (κ2) is 5.54. The van der Waals surface area contributed by atoms with Crippen molar-refractivity contribution in [2.45, 2.75) is 37.0 Å². The summed E-state index contributed by atoms with van der Waals surface area (Å²) in [6, 6.07) is 3.43. The fraction of sp³-hybridized carbons (Fsp3) is 0.538. The normalized spacial score (nSPS) is 24.1. The smallest absolute Gasteiger partial charge is 0.155 e. The molecule has 1 aromatic carbocycles. The zero-order valence-electron chi connectivity index (χ0n) is 10.4. The summed E-state index contributed by atoms with van der Waals surface area (Å²) in [4.78, 5) is 0. The van der Waals surface area contributed by atoms with Crippen molar-refractivity contribution in [2.75, 3.05) is 5.75 Å². The van der Waals surface area contributed by atoms with Crippen LogP contribution in [0.4, 0.5) is 8.78 Å². The molecular weight excluding hydrogens is 274 g/mol. The highest BCUT2D eigenvalue weighted by Gasteiger charge is 2.35. The molecule has 19 heavy (non-hydrogen) atoms. The summed E-state index contributed by atoms with van der Waals surface area (Å²) in [5.41, 5.74) is -0.254. The fourth-order valence-electron chi connectivity index (χ4n) is 2.48. The highest BCUT2D eigenvalue weighted by atomic mass is 32.2.